The third-order valence-corrected chi connectivity index (χ3v) is 3.71. The minimum absolute atomic E-state index is 0.0325. The standard InChI is InChI=1S/C12H12N2O3S/c1-7-11(18-6-10(15)14-7)8-3-4-13-5-9(8)12(16)17-2/h3-5H,6H2,1-2H3,(H,14,15). The molecule has 1 aromatic rings. The monoisotopic (exact) mass is 264 g/mol. The third kappa shape index (κ3) is 2.38. The molecule has 0 radical (unpaired) electrons. The molecule has 1 aliphatic rings. The summed E-state index contributed by atoms with van der Waals surface area (Å²) >= 11 is 1.41. The van der Waals surface area contributed by atoms with Crippen LogP contribution in [0.4, 0.5) is 0 Å². The Morgan fingerprint density at radius 3 is 3.00 bits per heavy atom. The number of carbonyl (C=O) groups excluding carboxylic acids is 2. The van der Waals surface area contributed by atoms with Crippen LogP contribution in [0.5, 0.6) is 0 Å². The summed E-state index contributed by atoms with van der Waals surface area (Å²) in [6, 6.07) is 1.75. The number of carbonyl (C=O) groups is 2. The highest BCUT2D eigenvalue weighted by atomic mass is 32.2. The van der Waals surface area contributed by atoms with Crippen molar-refractivity contribution < 1.29 is 14.3 Å². The van der Waals surface area contributed by atoms with Gasteiger partial charge in [0.1, 0.15) is 0 Å². The summed E-state index contributed by atoms with van der Waals surface area (Å²) in [6.45, 7) is 1.81. The Morgan fingerprint density at radius 1 is 1.56 bits per heavy atom. The number of allylic oxidation sites excluding steroid dienone is 1. The van der Waals surface area contributed by atoms with E-state index in [9.17, 15) is 9.59 Å². The zero-order valence-corrected chi connectivity index (χ0v) is 10.8. The van der Waals surface area contributed by atoms with Crippen LogP contribution in [0.3, 0.4) is 0 Å². The van der Waals surface area contributed by atoms with Gasteiger partial charge >= 0.3 is 5.97 Å². The van der Waals surface area contributed by atoms with Crippen molar-refractivity contribution in [2.75, 3.05) is 12.9 Å². The van der Waals surface area contributed by atoms with Crippen molar-refractivity contribution in [2.45, 2.75) is 6.92 Å². The number of nitrogens with one attached hydrogen (secondary N) is 1. The highest BCUT2D eigenvalue weighted by Gasteiger charge is 2.21. The van der Waals surface area contributed by atoms with Crippen LogP contribution in [-0.4, -0.2) is 29.7 Å². The van der Waals surface area contributed by atoms with E-state index in [0.717, 1.165) is 16.2 Å². The van der Waals surface area contributed by atoms with Gasteiger partial charge in [-0.15, -0.1) is 11.8 Å². The lowest BCUT2D eigenvalue weighted by atomic mass is 10.1. The summed E-state index contributed by atoms with van der Waals surface area (Å²) in [7, 11) is 1.33. The number of amides is 1. The number of methoxy groups -OCH3 is 1. The topological polar surface area (TPSA) is 68.3 Å². The summed E-state index contributed by atoms with van der Waals surface area (Å²) in [5.74, 6) is -0.124. The molecule has 2 heterocycles. The van der Waals surface area contributed by atoms with E-state index >= 15 is 0 Å². The average molecular weight is 264 g/mol. The fourth-order valence-corrected chi connectivity index (χ4v) is 2.64. The summed E-state index contributed by atoms with van der Waals surface area (Å²) < 4.78 is 4.73. The van der Waals surface area contributed by atoms with Gasteiger partial charge in [-0.3, -0.25) is 9.78 Å². The van der Waals surface area contributed by atoms with E-state index in [0.29, 0.717) is 11.3 Å². The van der Waals surface area contributed by atoms with Gasteiger partial charge in [0.05, 0.1) is 18.4 Å². The fraction of sp³-hybridized carbons (Fsp3) is 0.250. The predicted octanol–water partition coefficient (Wildman–Crippen LogP) is 1.42. The Balaban J connectivity index is 2.48. The number of ether oxygens (including phenoxy) is 1. The van der Waals surface area contributed by atoms with E-state index in [1.807, 2.05) is 0 Å². The van der Waals surface area contributed by atoms with Gasteiger partial charge in [0.15, 0.2) is 0 Å². The molecule has 1 N–H and O–H groups in total. The highest BCUT2D eigenvalue weighted by Crippen LogP contribution is 2.34. The first-order valence-electron chi connectivity index (χ1n) is 5.29. The van der Waals surface area contributed by atoms with Crippen LogP contribution in [-0.2, 0) is 9.53 Å². The average Bonchev–Trinajstić information content (AvgIpc) is 2.38. The molecule has 0 unspecified atom stereocenters. The van der Waals surface area contributed by atoms with Crippen LogP contribution < -0.4 is 5.32 Å². The first-order valence-corrected chi connectivity index (χ1v) is 6.28. The van der Waals surface area contributed by atoms with Gasteiger partial charge in [0.2, 0.25) is 5.91 Å². The Morgan fingerprint density at radius 2 is 2.33 bits per heavy atom. The second kappa shape index (κ2) is 5.22. The zero-order valence-electron chi connectivity index (χ0n) is 10.0. The van der Waals surface area contributed by atoms with E-state index in [1.54, 1.807) is 19.2 Å². The quantitative estimate of drug-likeness (QED) is 0.818. The predicted molar refractivity (Wildman–Crippen MR) is 68.8 cm³/mol. The molecular formula is C12H12N2O3S. The van der Waals surface area contributed by atoms with Crippen LogP contribution in [0, 0.1) is 0 Å². The normalized spacial score (nSPS) is 15.3. The van der Waals surface area contributed by atoms with Gasteiger partial charge in [0.25, 0.3) is 0 Å². The lowest BCUT2D eigenvalue weighted by Gasteiger charge is -2.19. The molecule has 0 saturated carbocycles. The van der Waals surface area contributed by atoms with Gasteiger partial charge in [-0.2, -0.15) is 0 Å². The number of hydrogen-bond acceptors (Lipinski definition) is 5. The van der Waals surface area contributed by atoms with Gasteiger partial charge in [-0.1, -0.05) is 0 Å². The number of hydrogen-bond donors (Lipinski definition) is 1. The molecule has 1 aliphatic heterocycles. The first kappa shape index (κ1) is 12.6. The number of esters is 1. The summed E-state index contributed by atoms with van der Waals surface area (Å²) in [5.41, 5.74) is 1.88. The maximum atomic E-state index is 11.7. The number of aromatic nitrogens is 1. The zero-order chi connectivity index (χ0) is 13.1. The lowest BCUT2D eigenvalue weighted by molar-refractivity contribution is -0.117. The molecule has 0 aromatic carbocycles. The molecule has 0 fully saturated rings. The van der Waals surface area contributed by atoms with Gasteiger partial charge in [0, 0.05) is 28.6 Å². The Labute approximate surface area is 109 Å². The minimum Gasteiger partial charge on any atom is -0.465 e. The second-order valence-electron chi connectivity index (χ2n) is 3.70. The van der Waals surface area contributed by atoms with Crippen molar-refractivity contribution in [1.82, 2.24) is 10.3 Å². The molecule has 5 nitrogen and oxygen atoms in total. The van der Waals surface area contributed by atoms with Crippen LogP contribution >= 0.6 is 11.8 Å². The smallest absolute Gasteiger partial charge is 0.340 e. The van der Waals surface area contributed by atoms with Crippen LogP contribution in [0.15, 0.2) is 24.2 Å². The largest absolute Gasteiger partial charge is 0.465 e. The van der Waals surface area contributed by atoms with Crippen molar-refractivity contribution >= 4 is 28.5 Å². The Hall–Kier alpha value is -1.82. The van der Waals surface area contributed by atoms with Crippen LogP contribution in [0.2, 0.25) is 0 Å². The van der Waals surface area contributed by atoms with Crippen molar-refractivity contribution in [1.29, 1.82) is 0 Å². The Bertz CT molecular complexity index is 540. The van der Waals surface area contributed by atoms with Gasteiger partial charge < -0.3 is 10.1 Å². The minimum atomic E-state index is -0.434. The molecule has 1 amide bonds. The van der Waals surface area contributed by atoms with E-state index in [4.69, 9.17) is 4.74 Å². The fourth-order valence-electron chi connectivity index (χ4n) is 1.69. The molecule has 1 aromatic heterocycles. The molecule has 0 atom stereocenters. The molecule has 0 spiro atoms. The van der Waals surface area contributed by atoms with E-state index < -0.39 is 5.97 Å². The summed E-state index contributed by atoms with van der Waals surface area (Å²) in [6.07, 6.45) is 3.08. The van der Waals surface area contributed by atoms with E-state index in [1.165, 1.54) is 25.1 Å². The molecule has 0 aliphatic carbocycles. The molecule has 0 bridgehead atoms. The van der Waals surface area contributed by atoms with Crippen LogP contribution in [0.25, 0.3) is 4.91 Å². The third-order valence-electron chi connectivity index (χ3n) is 2.49. The highest BCUT2D eigenvalue weighted by molar-refractivity contribution is 8.09. The van der Waals surface area contributed by atoms with Crippen molar-refractivity contribution in [3.05, 3.63) is 35.3 Å². The second-order valence-corrected chi connectivity index (χ2v) is 4.69. The van der Waals surface area contributed by atoms with E-state index in [2.05, 4.69) is 10.3 Å². The number of thioether (sulfide) groups is 1. The summed E-state index contributed by atoms with van der Waals surface area (Å²) in [4.78, 5) is 27.7. The van der Waals surface area contributed by atoms with Gasteiger partial charge in [-0.25, -0.2) is 4.79 Å². The Kier molecular flexibility index (Phi) is 3.66. The lowest BCUT2D eigenvalue weighted by Crippen LogP contribution is -2.27. The molecule has 2 rings (SSSR count). The molecule has 6 heteroatoms. The number of pyridine rings is 1. The van der Waals surface area contributed by atoms with E-state index in [-0.39, 0.29) is 5.91 Å². The maximum absolute atomic E-state index is 11.7. The molecular weight excluding hydrogens is 252 g/mol. The first-order chi connectivity index (χ1) is 8.63. The van der Waals surface area contributed by atoms with Crippen molar-refractivity contribution in [2.24, 2.45) is 0 Å². The van der Waals surface area contributed by atoms with Crippen molar-refractivity contribution in [3.8, 4) is 0 Å². The molecule has 0 saturated heterocycles. The number of nitrogens with zero attached hydrogens (tertiary/aromatic N) is 1. The van der Waals surface area contributed by atoms with Crippen LogP contribution in [0.1, 0.15) is 22.8 Å². The maximum Gasteiger partial charge on any atom is 0.340 e. The molecule has 18 heavy (non-hydrogen) atoms. The van der Waals surface area contributed by atoms with Crippen molar-refractivity contribution in [3.63, 3.8) is 0 Å². The summed E-state index contributed by atoms with van der Waals surface area (Å²) in [5, 5.41) is 2.76. The number of rotatable bonds is 2. The van der Waals surface area contributed by atoms with Gasteiger partial charge in [-0.05, 0) is 13.0 Å². The molecule has 94 valence electrons. The SMILES string of the molecule is COC(=O)c1cnccc1C1=C(C)NC(=O)CS1.